The zero-order valence-electron chi connectivity index (χ0n) is 12.5. The van der Waals surface area contributed by atoms with Crippen molar-refractivity contribution in [2.75, 3.05) is 5.32 Å². The minimum Gasteiger partial charge on any atom is -0.362 e. The zero-order valence-corrected chi connectivity index (χ0v) is 12.5. The van der Waals surface area contributed by atoms with E-state index in [9.17, 15) is 18.0 Å². The zero-order chi connectivity index (χ0) is 16.4. The van der Waals surface area contributed by atoms with Crippen LogP contribution in [-0.4, -0.2) is 5.78 Å². The van der Waals surface area contributed by atoms with E-state index in [2.05, 4.69) is 5.32 Å². The Hall–Kier alpha value is -2.04. The van der Waals surface area contributed by atoms with E-state index in [0.29, 0.717) is 12.1 Å². The number of nitrogens with one attached hydrogen (secondary N) is 1. The Kier molecular flexibility index (Phi) is 4.44. The standard InChI is InChI=1S/C17H18F3NO/c1-16(2)10-12(8-15(22)11-16)6-7-21-14-5-3-4-13(9-14)17(18,19)20/h3-9,21H,10-11H2,1-2H3. The number of carbonyl (C=O) groups is 1. The monoisotopic (exact) mass is 309 g/mol. The fourth-order valence-electron chi connectivity index (χ4n) is 2.53. The van der Waals surface area contributed by atoms with Gasteiger partial charge in [0.05, 0.1) is 5.56 Å². The Morgan fingerprint density at radius 3 is 2.59 bits per heavy atom. The molecule has 0 spiro atoms. The number of hydrogen-bond acceptors (Lipinski definition) is 2. The smallest absolute Gasteiger partial charge is 0.362 e. The van der Waals surface area contributed by atoms with Crippen LogP contribution < -0.4 is 5.32 Å². The lowest BCUT2D eigenvalue weighted by molar-refractivity contribution is -0.137. The third-order valence-electron chi connectivity index (χ3n) is 3.42. The molecule has 1 aliphatic carbocycles. The summed E-state index contributed by atoms with van der Waals surface area (Å²) in [6.07, 6.45) is 1.82. The molecule has 0 saturated carbocycles. The van der Waals surface area contributed by atoms with Crippen LogP contribution in [0.25, 0.3) is 0 Å². The van der Waals surface area contributed by atoms with Crippen LogP contribution in [0.3, 0.4) is 0 Å². The first-order chi connectivity index (χ1) is 10.2. The van der Waals surface area contributed by atoms with Crippen LogP contribution in [0.2, 0.25) is 0 Å². The molecule has 1 aromatic carbocycles. The van der Waals surface area contributed by atoms with E-state index in [4.69, 9.17) is 0 Å². The summed E-state index contributed by atoms with van der Waals surface area (Å²) >= 11 is 0. The maximum Gasteiger partial charge on any atom is 0.416 e. The Labute approximate surface area is 127 Å². The van der Waals surface area contributed by atoms with Crippen molar-refractivity contribution in [3.8, 4) is 0 Å². The highest BCUT2D eigenvalue weighted by atomic mass is 19.4. The molecule has 0 radical (unpaired) electrons. The molecule has 0 aromatic heterocycles. The van der Waals surface area contributed by atoms with Gasteiger partial charge in [-0.3, -0.25) is 4.79 Å². The summed E-state index contributed by atoms with van der Waals surface area (Å²) in [7, 11) is 0. The molecule has 1 aliphatic rings. The topological polar surface area (TPSA) is 29.1 Å². The Morgan fingerprint density at radius 2 is 1.95 bits per heavy atom. The van der Waals surface area contributed by atoms with Crippen molar-refractivity contribution in [1.29, 1.82) is 0 Å². The number of anilines is 1. The molecule has 1 N–H and O–H groups in total. The number of rotatable bonds is 3. The van der Waals surface area contributed by atoms with Gasteiger partial charge in [0, 0.05) is 18.3 Å². The van der Waals surface area contributed by atoms with Crippen molar-refractivity contribution < 1.29 is 18.0 Å². The summed E-state index contributed by atoms with van der Waals surface area (Å²) in [5.41, 5.74) is 0.453. The van der Waals surface area contributed by atoms with Crippen LogP contribution in [0.1, 0.15) is 32.3 Å². The number of allylic oxidation sites excluding steroid dienone is 3. The Balaban J connectivity index is 2.06. The number of alkyl halides is 3. The van der Waals surface area contributed by atoms with E-state index < -0.39 is 11.7 Å². The minimum absolute atomic E-state index is 0.0787. The summed E-state index contributed by atoms with van der Waals surface area (Å²) in [4.78, 5) is 11.6. The van der Waals surface area contributed by atoms with E-state index in [1.54, 1.807) is 24.4 Å². The van der Waals surface area contributed by atoms with Gasteiger partial charge in [-0.2, -0.15) is 13.2 Å². The maximum atomic E-state index is 12.6. The number of benzene rings is 1. The lowest BCUT2D eigenvalue weighted by atomic mass is 9.77. The largest absolute Gasteiger partial charge is 0.416 e. The Morgan fingerprint density at radius 1 is 1.23 bits per heavy atom. The normalized spacial score (nSPS) is 18.4. The van der Waals surface area contributed by atoms with Crippen molar-refractivity contribution in [3.63, 3.8) is 0 Å². The Bertz CT molecular complexity index is 627. The van der Waals surface area contributed by atoms with Gasteiger partial charge in [-0.15, -0.1) is 0 Å². The van der Waals surface area contributed by atoms with E-state index in [1.165, 1.54) is 6.07 Å². The summed E-state index contributed by atoms with van der Waals surface area (Å²) in [6.45, 7) is 4.04. The molecule has 0 unspecified atom stereocenters. The van der Waals surface area contributed by atoms with Crippen LogP contribution in [-0.2, 0) is 11.0 Å². The molecule has 0 aliphatic heterocycles. The van der Waals surface area contributed by atoms with Gasteiger partial charge in [0.2, 0.25) is 0 Å². The van der Waals surface area contributed by atoms with Crippen molar-refractivity contribution in [1.82, 2.24) is 0 Å². The van der Waals surface area contributed by atoms with Crippen molar-refractivity contribution in [2.45, 2.75) is 32.9 Å². The van der Waals surface area contributed by atoms with Crippen LogP contribution in [0.15, 0.2) is 48.2 Å². The van der Waals surface area contributed by atoms with Crippen molar-refractivity contribution >= 4 is 11.5 Å². The predicted octanol–water partition coefficient (Wildman–Crippen LogP) is 4.95. The molecule has 22 heavy (non-hydrogen) atoms. The fraction of sp³-hybridized carbons (Fsp3) is 0.353. The van der Waals surface area contributed by atoms with E-state index in [1.807, 2.05) is 13.8 Å². The van der Waals surface area contributed by atoms with Crippen LogP contribution >= 0.6 is 0 Å². The highest BCUT2D eigenvalue weighted by Gasteiger charge is 2.30. The van der Waals surface area contributed by atoms with Gasteiger partial charge in [0.15, 0.2) is 5.78 Å². The molecule has 0 amide bonds. The SMILES string of the molecule is CC1(C)CC(=O)C=C(C=CNc2cccc(C(F)(F)F)c2)C1. The number of hydrogen-bond donors (Lipinski definition) is 1. The molecule has 1 aromatic rings. The average Bonchev–Trinajstić information content (AvgIpc) is 2.35. The molecule has 0 bridgehead atoms. The molecule has 2 nitrogen and oxygen atoms in total. The van der Waals surface area contributed by atoms with Crippen molar-refractivity contribution in [3.05, 3.63) is 53.8 Å². The first-order valence-electron chi connectivity index (χ1n) is 6.99. The molecule has 0 fully saturated rings. The molecular weight excluding hydrogens is 291 g/mol. The average molecular weight is 309 g/mol. The van der Waals surface area contributed by atoms with Crippen LogP contribution in [0.5, 0.6) is 0 Å². The highest BCUT2D eigenvalue weighted by molar-refractivity contribution is 5.92. The summed E-state index contributed by atoms with van der Waals surface area (Å²) in [5, 5.41) is 2.81. The summed E-state index contributed by atoms with van der Waals surface area (Å²) < 4.78 is 37.9. The summed E-state index contributed by atoms with van der Waals surface area (Å²) in [5.74, 6) is 0.0787. The molecule has 0 atom stereocenters. The number of carbonyl (C=O) groups excluding carboxylic acids is 1. The van der Waals surface area contributed by atoms with Gasteiger partial charge in [0.25, 0.3) is 0 Å². The van der Waals surface area contributed by atoms with Gasteiger partial charge >= 0.3 is 6.18 Å². The maximum absolute atomic E-state index is 12.6. The van der Waals surface area contributed by atoms with Crippen molar-refractivity contribution in [2.24, 2.45) is 5.41 Å². The number of halogens is 3. The third-order valence-corrected chi connectivity index (χ3v) is 3.42. The van der Waals surface area contributed by atoms with Gasteiger partial charge in [-0.1, -0.05) is 19.9 Å². The second-order valence-electron chi connectivity index (χ2n) is 6.26. The minimum atomic E-state index is -4.36. The van der Waals surface area contributed by atoms with Gasteiger partial charge in [-0.25, -0.2) is 0 Å². The fourth-order valence-corrected chi connectivity index (χ4v) is 2.53. The lowest BCUT2D eigenvalue weighted by Crippen LogP contribution is -2.21. The van der Waals surface area contributed by atoms with E-state index in [0.717, 1.165) is 24.1 Å². The number of ketones is 1. The first kappa shape index (κ1) is 16.3. The van der Waals surface area contributed by atoms with E-state index in [-0.39, 0.29) is 11.2 Å². The quantitative estimate of drug-likeness (QED) is 0.856. The molecule has 0 saturated heterocycles. The molecule has 0 heterocycles. The molecular formula is C17H18F3NO. The van der Waals surface area contributed by atoms with Crippen LogP contribution in [0.4, 0.5) is 18.9 Å². The molecule has 2 rings (SSSR count). The summed E-state index contributed by atoms with van der Waals surface area (Å²) in [6, 6.07) is 4.99. The lowest BCUT2D eigenvalue weighted by Gasteiger charge is -2.27. The predicted molar refractivity (Wildman–Crippen MR) is 80.3 cm³/mol. The molecule has 118 valence electrons. The van der Waals surface area contributed by atoms with E-state index >= 15 is 0 Å². The second-order valence-corrected chi connectivity index (χ2v) is 6.26. The third kappa shape index (κ3) is 4.48. The second kappa shape index (κ2) is 5.99. The highest BCUT2D eigenvalue weighted by Crippen LogP contribution is 2.34. The van der Waals surface area contributed by atoms with Crippen LogP contribution in [0, 0.1) is 5.41 Å². The van der Waals surface area contributed by atoms with Gasteiger partial charge < -0.3 is 5.32 Å². The first-order valence-corrected chi connectivity index (χ1v) is 6.99. The van der Waals surface area contributed by atoms with Gasteiger partial charge in [0.1, 0.15) is 0 Å². The molecule has 5 heteroatoms. The van der Waals surface area contributed by atoms with Gasteiger partial charge in [-0.05, 0) is 47.8 Å².